The van der Waals surface area contributed by atoms with Crippen LogP contribution in [0, 0.1) is 0 Å². The van der Waals surface area contributed by atoms with Gasteiger partial charge in [-0.3, -0.25) is 23.7 Å². The molecule has 0 saturated carbocycles. The third-order valence-corrected chi connectivity index (χ3v) is 7.63. The van der Waals surface area contributed by atoms with E-state index in [-0.39, 0.29) is 0 Å². The monoisotopic (exact) mass is 542 g/mol. The van der Waals surface area contributed by atoms with Crippen molar-refractivity contribution in [2.24, 2.45) is 0 Å². The van der Waals surface area contributed by atoms with E-state index in [9.17, 15) is 43.2 Å². The third-order valence-electron chi connectivity index (χ3n) is 3.83. The number of carboxylic acids is 1. The second kappa shape index (κ2) is 9.97. The molecule has 2 rings (SSSR count). The Bertz CT molecular complexity index is 1150. The van der Waals surface area contributed by atoms with Gasteiger partial charge in [-0.1, -0.05) is 0 Å². The number of aliphatic hydroxyl groups excluding tert-OH is 2. The number of rotatable bonds is 10. The maximum Gasteiger partial charge on any atom is 0.490 e. The van der Waals surface area contributed by atoms with Crippen molar-refractivity contribution in [2.75, 3.05) is 6.61 Å². The summed E-state index contributed by atoms with van der Waals surface area (Å²) in [5.41, 5.74) is -2.70. The van der Waals surface area contributed by atoms with Crippen LogP contribution < -0.4 is 11.2 Å². The molecule has 0 amide bonds. The molecule has 1 fully saturated rings. The van der Waals surface area contributed by atoms with E-state index in [1.165, 1.54) is 0 Å². The number of carboxylic acid groups (broad SMARTS) is 1. The zero-order chi connectivity index (χ0) is 25.4. The van der Waals surface area contributed by atoms with Gasteiger partial charge in [0.25, 0.3) is 5.56 Å². The number of aromatic nitrogens is 2. The van der Waals surface area contributed by atoms with Gasteiger partial charge in [-0.05, 0) is 0 Å². The first-order valence-corrected chi connectivity index (χ1v) is 12.8. The smallest absolute Gasteiger partial charge is 0.480 e. The van der Waals surface area contributed by atoms with Crippen molar-refractivity contribution in [3.63, 3.8) is 0 Å². The highest BCUT2D eigenvalue weighted by atomic mass is 31.3. The third kappa shape index (κ3) is 7.73. The van der Waals surface area contributed by atoms with Crippen LogP contribution in [0.2, 0.25) is 0 Å². The van der Waals surface area contributed by atoms with Crippen molar-refractivity contribution >= 4 is 29.4 Å². The van der Waals surface area contributed by atoms with Crippen molar-refractivity contribution in [3.8, 4) is 0 Å². The topological polar surface area (TPSA) is 302 Å². The average Bonchev–Trinajstić information content (AvgIpc) is 2.87. The molecule has 33 heavy (non-hydrogen) atoms. The van der Waals surface area contributed by atoms with E-state index in [0.717, 1.165) is 6.20 Å². The quantitative estimate of drug-likeness (QED) is 0.138. The van der Waals surface area contributed by atoms with E-state index in [4.69, 9.17) is 24.5 Å². The maximum absolute atomic E-state index is 12.1. The van der Waals surface area contributed by atoms with Crippen LogP contribution >= 0.6 is 23.5 Å². The molecule has 2 heterocycles. The number of ether oxygens (including phenoxy) is 1. The minimum absolute atomic E-state index is 0.497. The van der Waals surface area contributed by atoms with E-state index in [1.54, 1.807) is 4.98 Å². The lowest BCUT2D eigenvalue weighted by atomic mass is 10.0. The lowest BCUT2D eigenvalue weighted by Crippen LogP contribution is -2.37. The first-order valence-electron chi connectivity index (χ1n) is 8.26. The Morgan fingerprint density at radius 1 is 1.06 bits per heavy atom. The summed E-state index contributed by atoms with van der Waals surface area (Å²) in [7, 11) is -17.0. The number of carbonyl (C=O) groups is 1. The molecule has 4 unspecified atom stereocenters. The summed E-state index contributed by atoms with van der Waals surface area (Å²) < 4.78 is 50.7. The molecule has 8 N–H and O–H groups in total. The number of aliphatic hydroxyl groups is 2. The first-order chi connectivity index (χ1) is 14.9. The van der Waals surface area contributed by atoms with Crippen molar-refractivity contribution in [2.45, 2.75) is 31.0 Å². The van der Waals surface area contributed by atoms with E-state index in [0.29, 0.717) is 4.57 Å². The number of hydrogen-bond acceptors (Lipinski definition) is 12. The normalized spacial score (nSPS) is 27.1. The highest BCUT2D eigenvalue weighted by molar-refractivity contribution is 7.66. The summed E-state index contributed by atoms with van der Waals surface area (Å²) in [5.74, 6) is -1.45. The van der Waals surface area contributed by atoms with Crippen LogP contribution in [-0.4, -0.2) is 75.3 Å². The van der Waals surface area contributed by atoms with E-state index >= 15 is 0 Å². The number of phosphoric ester groups is 1. The first kappa shape index (κ1) is 27.7. The fourth-order valence-electron chi connectivity index (χ4n) is 2.61. The molecule has 1 aromatic heterocycles. The van der Waals surface area contributed by atoms with E-state index in [2.05, 4.69) is 13.1 Å². The van der Waals surface area contributed by atoms with Crippen molar-refractivity contribution in [1.82, 2.24) is 9.55 Å². The van der Waals surface area contributed by atoms with Crippen LogP contribution in [0.4, 0.5) is 0 Å². The maximum atomic E-state index is 12.1. The number of aliphatic carboxylic acids is 1. The molecule has 0 spiro atoms. The predicted octanol–water partition coefficient (Wildman–Crippen LogP) is -2.87. The molecular weight excluding hydrogens is 525 g/mol. The Hall–Kier alpha value is -1.56. The number of H-pyrrole nitrogens is 1. The highest BCUT2D eigenvalue weighted by Crippen LogP contribution is 2.66. The van der Waals surface area contributed by atoms with Crippen LogP contribution in [0.25, 0.3) is 0 Å². The molecule has 22 heteroatoms. The van der Waals surface area contributed by atoms with Gasteiger partial charge in [0.15, 0.2) is 0 Å². The van der Waals surface area contributed by atoms with Crippen molar-refractivity contribution < 1.29 is 71.3 Å². The van der Waals surface area contributed by atoms with Gasteiger partial charge in [-0.2, -0.15) is 8.62 Å². The molecule has 0 radical (unpaired) electrons. The van der Waals surface area contributed by atoms with Crippen molar-refractivity contribution in [1.29, 1.82) is 0 Å². The second-order valence-corrected chi connectivity index (χ2v) is 10.7. The number of aromatic amines is 1. The molecule has 0 bridgehead atoms. The molecule has 1 aromatic rings. The van der Waals surface area contributed by atoms with Gasteiger partial charge < -0.3 is 39.6 Å². The van der Waals surface area contributed by atoms with Gasteiger partial charge in [0, 0.05) is 6.20 Å². The van der Waals surface area contributed by atoms with E-state index in [1.807, 2.05) is 0 Å². The van der Waals surface area contributed by atoms with Crippen LogP contribution in [-0.2, 0) is 42.9 Å². The fraction of sp³-hybridized carbons (Fsp3) is 0.545. The minimum atomic E-state index is -5.79. The summed E-state index contributed by atoms with van der Waals surface area (Å²) in [6.07, 6.45) is -6.41. The fourth-order valence-corrected chi connectivity index (χ4v) is 5.64. The van der Waals surface area contributed by atoms with Gasteiger partial charge in [-0.25, -0.2) is 18.5 Å². The molecule has 1 aliphatic heterocycles. The second-order valence-electron chi connectivity index (χ2n) is 6.33. The SMILES string of the molecule is O=C(O)Cn1cc([C@@H]2O[C@H](COP(=O)(O)OP(=O)(O)OP(=O)(O)O)C(O)C2O)c(=O)[nH]c1=O. The van der Waals surface area contributed by atoms with Gasteiger partial charge in [0.2, 0.25) is 0 Å². The van der Waals surface area contributed by atoms with Gasteiger partial charge >= 0.3 is 35.1 Å². The average molecular weight is 542 g/mol. The molecule has 188 valence electrons. The largest absolute Gasteiger partial charge is 0.490 e. The number of nitrogens with one attached hydrogen (secondary N) is 1. The Labute approximate surface area is 181 Å². The molecule has 0 aromatic carbocycles. The Morgan fingerprint density at radius 3 is 2.21 bits per heavy atom. The summed E-state index contributed by atoms with van der Waals surface area (Å²) in [6, 6.07) is 0. The van der Waals surface area contributed by atoms with Gasteiger partial charge in [-0.15, -0.1) is 0 Å². The molecule has 1 saturated heterocycles. The molecular formula is C11H17N2O17P3. The van der Waals surface area contributed by atoms with Crippen molar-refractivity contribution in [3.05, 3.63) is 32.6 Å². The minimum Gasteiger partial charge on any atom is -0.480 e. The number of hydrogen-bond donors (Lipinski definition) is 8. The molecule has 0 aliphatic carbocycles. The van der Waals surface area contributed by atoms with Crippen LogP contribution in [0.1, 0.15) is 11.7 Å². The summed E-state index contributed by atoms with van der Waals surface area (Å²) >= 11 is 0. The zero-order valence-electron chi connectivity index (χ0n) is 15.8. The summed E-state index contributed by atoms with van der Waals surface area (Å²) in [6.45, 7) is -2.01. The van der Waals surface area contributed by atoms with Gasteiger partial charge in [0.1, 0.15) is 31.0 Å². The molecule has 19 nitrogen and oxygen atoms in total. The number of phosphoric acid groups is 3. The van der Waals surface area contributed by atoms with Crippen LogP contribution in [0.15, 0.2) is 15.8 Å². The molecule has 1 aliphatic rings. The lowest BCUT2D eigenvalue weighted by molar-refractivity contribution is -0.137. The Kier molecular flexibility index (Phi) is 8.36. The standard InChI is InChI=1S/C11H17N2O17P3/c14-6(15)2-13-1-4(10(18)12-11(13)19)9-8(17)7(16)5(28-9)3-27-32(23,24)30-33(25,26)29-31(20,21)22/h1,5,7-9,16-17H,2-3H2,(H,14,15)(H,23,24)(H,25,26)(H,12,18,19)(H2,20,21,22)/t5-,7?,8?,9+/m1/s1. The van der Waals surface area contributed by atoms with Crippen LogP contribution in [0.5, 0.6) is 0 Å². The van der Waals surface area contributed by atoms with Crippen LogP contribution in [0.3, 0.4) is 0 Å². The zero-order valence-corrected chi connectivity index (χ0v) is 18.5. The highest BCUT2D eigenvalue weighted by Gasteiger charge is 2.47. The lowest BCUT2D eigenvalue weighted by Gasteiger charge is -2.19. The Morgan fingerprint density at radius 2 is 1.67 bits per heavy atom. The van der Waals surface area contributed by atoms with E-state index < -0.39 is 83.8 Å². The Balaban J connectivity index is 2.15. The van der Waals surface area contributed by atoms with Gasteiger partial charge in [0.05, 0.1) is 12.2 Å². The molecule has 6 atom stereocenters. The number of nitrogens with zero attached hydrogens (tertiary/aromatic N) is 1. The predicted molar refractivity (Wildman–Crippen MR) is 98.4 cm³/mol. The summed E-state index contributed by atoms with van der Waals surface area (Å²) in [5, 5.41) is 29.0. The summed E-state index contributed by atoms with van der Waals surface area (Å²) in [4.78, 5) is 71.8.